The largest absolute Gasteiger partial charge is 0.259 e. The van der Waals surface area contributed by atoms with E-state index < -0.39 is 4.92 Å². The fraction of sp³-hybridized carbons (Fsp3) is 0. The van der Waals surface area contributed by atoms with Crippen LogP contribution >= 0.6 is 23.2 Å². The highest BCUT2D eigenvalue weighted by atomic mass is 35.5. The van der Waals surface area contributed by atoms with Gasteiger partial charge >= 0.3 is 0 Å². The maximum absolute atomic E-state index is 10.0. The number of nitrogens with zero attached hydrogens (tertiary/aromatic N) is 1. The van der Waals surface area contributed by atoms with Crippen molar-refractivity contribution in [1.29, 1.82) is 0 Å². The highest BCUT2D eigenvalue weighted by Gasteiger charge is 2.01. The van der Waals surface area contributed by atoms with Crippen LogP contribution in [-0.4, -0.2) is 4.92 Å². The predicted octanol–water partition coefficient (Wildman–Crippen LogP) is 3.24. The summed E-state index contributed by atoms with van der Waals surface area (Å²) < 4.78 is 0. The predicted molar refractivity (Wildman–Crippen MR) is 52.5 cm³/mol. The molecule has 0 amide bonds. The lowest BCUT2D eigenvalue weighted by atomic mass is 10.2. The second kappa shape index (κ2) is 4.25. The average Bonchev–Trinajstić information content (AvgIpc) is 2.07. The lowest BCUT2D eigenvalue weighted by Crippen LogP contribution is -1.83. The first-order chi connectivity index (χ1) is 6.11. The molecule has 0 aliphatic heterocycles. The van der Waals surface area contributed by atoms with Crippen LogP contribution < -0.4 is 0 Å². The van der Waals surface area contributed by atoms with Gasteiger partial charge in [0, 0.05) is 11.6 Å². The van der Waals surface area contributed by atoms with Crippen molar-refractivity contribution in [3.05, 3.63) is 50.1 Å². The van der Waals surface area contributed by atoms with Crippen LogP contribution in [0.1, 0.15) is 5.56 Å². The van der Waals surface area contributed by atoms with Crippen LogP contribution in [0.25, 0.3) is 6.08 Å². The van der Waals surface area contributed by atoms with Crippen LogP contribution in [0.15, 0.2) is 24.4 Å². The molecule has 0 fully saturated rings. The van der Waals surface area contributed by atoms with Crippen LogP contribution in [-0.2, 0) is 0 Å². The fourth-order valence-electron chi connectivity index (χ4n) is 0.790. The maximum Gasteiger partial charge on any atom is 0.235 e. The van der Waals surface area contributed by atoms with E-state index in [0.29, 0.717) is 15.6 Å². The standard InChI is InChI=1S/C8H5Cl2NO2/c9-7-3-1-2-6(8(7)10)4-5-11(12)13/h1-5H/b5-4-. The molecule has 0 aliphatic carbocycles. The summed E-state index contributed by atoms with van der Waals surface area (Å²) in [6.45, 7) is 0. The number of benzene rings is 1. The number of rotatable bonds is 2. The van der Waals surface area contributed by atoms with Crippen LogP contribution in [0, 0.1) is 10.1 Å². The molecule has 1 aromatic carbocycles. The monoisotopic (exact) mass is 217 g/mol. The summed E-state index contributed by atoms with van der Waals surface area (Å²) in [7, 11) is 0. The van der Waals surface area contributed by atoms with Gasteiger partial charge in [-0.15, -0.1) is 0 Å². The molecule has 0 heterocycles. The summed E-state index contributed by atoms with van der Waals surface area (Å²) in [5, 5.41) is 10.7. The lowest BCUT2D eigenvalue weighted by molar-refractivity contribution is -0.400. The molecule has 68 valence electrons. The maximum atomic E-state index is 10.0. The second-order valence-corrected chi connectivity index (χ2v) is 3.03. The van der Waals surface area contributed by atoms with E-state index in [4.69, 9.17) is 23.2 Å². The van der Waals surface area contributed by atoms with Crippen molar-refractivity contribution in [2.45, 2.75) is 0 Å². The molecule has 0 radical (unpaired) electrons. The zero-order valence-electron chi connectivity index (χ0n) is 6.41. The van der Waals surface area contributed by atoms with Gasteiger partial charge in [-0.25, -0.2) is 0 Å². The molecule has 1 aromatic rings. The highest BCUT2D eigenvalue weighted by Crippen LogP contribution is 2.26. The van der Waals surface area contributed by atoms with Gasteiger partial charge in [-0.05, 0) is 6.07 Å². The first-order valence-corrected chi connectivity index (χ1v) is 4.12. The summed E-state index contributed by atoms with van der Waals surface area (Å²) in [6, 6.07) is 4.94. The zero-order chi connectivity index (χ0) is 9.84. The topological polar surface area (TPSA) is 43.1 Å². The van der Waals surface area contributed by atoms with E-state index in [0.717, 1.165) is 6.20 Å². The molecule has 13 heavy (non-hydrogen) atoms. The quantitative estimate of drug-likeness (QED) is 0.564. The molecular formula is C8H5Cl2NO2. The SMILES string of the molecule is O=[N+]([O-])/C=C\c1cccc(Cl)c1Cl. The molecule has 1 rings (SSSR count). The molecule has 0 bridgehead atoms. The zero-order valence-corrected chi connectivity index (χ0v) is 7.92. The Morgan fingerprint density at radius 3 is 2.69 bits per heavy atom. The van der Waals surface area contributed by atoms with E-state index in [1.165, 1.54) is 6.08 Å². The van der Waals surface area contributed by atoms with Gasteiger partial charge in [0.2, 0.25) is 6.20 Å². The molecule has 0 saturated carbocycles. The lowest BCUT2D eigenvalue weighted by Gasteiger charge is -1.97. The van der Waals surface area contributed by atoms with Crippen LogP contribution in [0.2, 0.25) is 10.0 Å². The summed E-state index contributed by atoms with van der Waals surface area (Å²) >= 11 is 11.5. The van der Waals surface area contributed by atoms with Crippen LogP contribution in [0.4, 0.5) is 0 Å². The molecule has 0 atom stereocenters. The van der Waals surface area contributed by atoms with Crippen molar-refractivity contribution in [3.8, 4) is 0 Å². The molecule has 0 aliphatic rings. The minimum absolute atomic E-state index is 0.322. The number of halogens is 2. The third kappa shape index (κ3) is 2.72. The minimum Gasteiger partial charge on any atom is -0.259 e. The average molecular weight is 218 g/mol. The summed E-state index contributed by atoms with van der Waals surface area (Å²) in [5.41, 5.74) is 0.533. The van der Waals surface area contributed by atoms with Crippen molar-refractivity contribution in [2.24, 2.45) is 0 Å². The second-order valence-electron chi connectivity index (χ2n) is 2.24. The van der Waals surface area contributed by atoms with Gasteiger partial charge in [0.25, 0.3) is 0 Å². The Morgan fingerprint density at radius 2 is 2.08 bits per heavy atom. The first kappa shape index (κ1) is 10.0. The molecule has 0 N–H and O–H groups in total. The van der Waals surface area contributed by atoms with Gasteiger partial charge in [-0.2, -0.15) is 0 Å². The Balaban J connectivity index is 3.02. The van der Waals surface area contributed by atoms with Gasteiger partial charge in [0.1, 0.15) is 0 Å². The fourth-order valence-corrected chi connectivity index (χ4v) is 1.16. The Kier molecular flexibility index (Phi) is 3.28. The summed E-state index contributed by atoms with van der Waals surface area (Å²) in [4.78, 5) is 9.45. The van der Waals surface area contributed by atoms with E-state index in [9.17, 15) is 10.1 Å². The summed E-state index contributed by atoms with van der Waals surface area (Å²) in [6.07, 6.45) is 2.12. The molecule has 0 saturated heterocycles. The van der Waals surface area contributed by atoms with E-state index in [-0.39, 0.29) is 0 Å². The van der Waals surface area contributed by atoms with Crippen molar-refractivity contribution < 1.29 is 4.92 Å². The first-order valence-electron chi connectivity index (χ1n) is 3.37. The van der Waals surface area contributed by atoms with E-state index in [1.54, 1.807) is 18.2 Å². The minimum atomic E-state index is -0.558. The van der Waals surface area contributed by atoms with Gasteiger partial charge in [-0.3, -0.25) is 10.1 Å². The van der Waals surface area contributed by atoms with Crippen molar-refractivity contribution in [3.63, 3.8) is 0 Å². The van der Waals surface area contributed by atoms with Crippen molar-refractivity contribution in [1.82, 2.24) is 0 Å². The highest BCUT2D eigenvalue weighted by molar-refractivity contribution is 6.42. The molecule has 3 nitrogen and oxygen atoms in total. The Labute approximate surface area is 84.7 Å². The third-order valence-electron chi connectivity index (χ3n) is 1.36. The van der Waals surface area contributed by atoms with Crippen molar-refractivity contribution >= 4 is 29.3 Å². The van der Waals surface area contributed by atoms with Crippen LogP contribution in [0.3, 0.4) is 0 Å². The van der Waals surface area contributed by atoms with Crippen LogP contribution in [0.5, 0.6) is 0 Å². The van der Waals surface area contributed by atoms with Gasteiger partial charge in [-0.1, -0.05) is 35.3 Å². The van der Waals surface area contributed by atoms with Gasteiger partial charge < -0.3 is 0 Å². The number of hydrogen-bond donors (Lipinski definition) is 0. The number of hydrogen-bond acceptors (Lipinski definition) is 2. The molecule has 5 heteroatoms. The summed E-state index contributed by atoms with van der Waals surface area (Å²) in [5.74, 6) is 0. The molecule has 0 spiro atoms. The normalized spacial score (nSPS) is 10.6. The van der Waals surface area contributed by atoms with Gasteiger partial charge in [0.05, 0.1) is 15.0 Å². The van der Waals surface area contributed by atoms with E-state index in [1.807, 2.05) is 0 Å². The van der Waals surface area contributed by atoms with Gasteiger partial charge in [0.15, 0.2) is 0 Å². The third-order valence-corrected chi connectivity index (χ3v) is 2.19. The molecule has 0 aromatic heterocycles. The Bertz CT molecular complexity index is 363. The van der Waals surface area contributed by atoms with E-state index >= 15 is 0 Å². The van der Waals surface area contributed by atoms with E-state index in [2.05, 4.69) is 0 Å². The smallest absolute Gasteiger partial charge is 0.235 e. The molecular weight excluding hydrogens is 213 g/mol. The Hall–Kier alpha value is -1.06. The number of nitro groups is 1. The van der Waals surface area contributed by atoms with Crippen molar-refractivity contribution in [2.75, 3.05) is 0 Å². The molecule has 0 unspecified atom stereocenters. The Morgan fingerprint density at radius 1 is 1.38 bits per heavy atom.